The van der Waals surface area contributed by atoms with Gasteiger partial charge in [-0.15, -0.1) is 0 Å². The molecule has 2 unspecified atom stereocenters. The maximum Gasteiger partial charge on any atom is -0.0443 e. The summed E-state index contributed by atoms with van der Waals surface area (Å²) in [5.41, 5.74) is 0. The first kappa shape index (κ1) is 16.0. The number of hydrogen-bond acceptors (Lipinski definition) is 0. The van der Waals surface area contributed by atoms with Crippen molar-refractivity contribution in [3.05, 3.63) is 6.92 Å². The van der Waals surface area contributed by atoms with Crippen LogP contribution in [0, 0.1) is 18.8 Å². The van der Waals surface area contributed by atoms with Crippen LogP contribution in [0.25, 0.3) is 0 Å². The third-order valence-electron chi connectivity index (χ3n) is 3.69. The van der Waals surface area contributed by atoms with Crippen LogP contribution in [0.15, 0.2) is 0 Å². The van der Waals surface area contributed by atoms with Crippen LogP contribution < -0.4 is 0 Å². The van der Waals surface area contributed by atoms with E-state index in [2.05, 4.69) is 27.7 Å². The Morgan fingerprint density at radius 1 is 0.750 bits per heavy atom. The van der Waals surface area contributed by atoms with E-state index in [9.17, 15) is 0 Å². The number of rotatable bonds is 11. The third kappa shape index (κ3) is 10.5. The molecule has 0 amide bonds. The Morgan fingerprint density at radius 2 is 1.25 bits per heavy atom. The van der Waals surface area contributed by atoms with Crippen LogP contribution in [0.5, 0.6) is 0 Å². The Hall–Kier alpha value is 0. The summed E-state index contributed by atoms with van der Waals surface area (Å²) in [6, 6.07) is 0. The molecule has 0 saturated carbocycles. The normalized spacial score (nSPS) is 15.0. The van der Waals surface area contributed by atoms with Gasteiger partial charge in [0, 0.05) is 0 Å². The second-order valence-corrected chi connectivity index (χ2v) is 5.63. The molecule has 0 nitrogen and oxygen atoms in total. The molecule has 0 heteroatoms. The molecule has 0 aromatic heterocycles. The molecule has 0 aromatic carbocycles. The predicted octanol–water partition coefficient (Wildman–Crippen LogP) is 6.01. The molecule has 0 aliphatic heterocycles. The minimum Gasteiger partial charge on any atom is -0.0654 e. The van der Waals surface area contributed by atoms with Gasteiger partial charge in [-0.25, -0.2) is 0 Å². The lowest BCUT2D eigenvalue weighted by molar-refractivity contribution is 0.433. The summed E-state index contributed by atoms with van der Waals surface area (Å²) in [5, 5.41) is 0. The lowest BCUT2D eigenvalue weighted by Crippen LogP contribution is -1.95. The molecule has 97 valence electrons. The first-order valence-electron chi connectivity index (χ1n) is 7.49. The van der Waals surface area contributed by atoms with Gasteiger partial charge in [0.25, 0.3) is 0 Å². The van der Waals surface area contributed by atoms with E-state index < -0.39 is 0 Å². The molecule has 1 radical (unpaired) electrons. The lowest BCUT2D eigenvalue weighted by atomic mass is 9.96. The average molecular weight is 225 g/mol. The molecule has 2 atom stereocenters. The van der Waals surface area contributed by atoms with E-state index in [1.807, 2.05) is 0 Å². The predicted molar refractivity (Wildman–Crippen MR) is 75.5 cm³/mol. The quantitative estimate of drug-likeness (QED) is 0.377. The Morgan fingerprint density at radius 3 is 1.75 bits per heavy atom. The highest BCUT2D eigenvalue weighted by molar-refractivity contribution is 4.57. The van der Waals surface area contributed by atoms with Crippen molar-refractivity contribution < 1.29 is 0 Å². The maximum absolute atomic E-state index is 3.95. The minimum atomic E-state index is 0.837. The summed E-state index contributed by atoms with van der Waals surface area (Å²) in [6.07, 6.45) is 13.9. The Kier molecular flexibility index (Phi) is 11.5. The van der Waals surface area contributed by atoms with Gasteiger partial charge in [0.1, 0.15) is 0 Å². The van der Waals surface area contributed by atoms with Gasteiger partial charge in [0.05, 0.1) is 0 Å². The van der Waals surface area contributed by atoms with Crippen LogP contribution in [0.3, 0.4) is 0 Å². The summed E-state index contributed by atoms with van der Waals surface area (Å²) < 4.78 is 0. The van der Waals surface area contributed by atoms with E-state index in [1.54, 1.807) is 0 Å². The summed E-state index contributed by atoms with van der Waals surface area (Å²) in [5.74, 6) is 1.79. The molecule has 16 heavy (non-hydrogen) atoms. The van der Waals surface area contributed by atoms with E-state index in [4.69, 9.17) is 0 Å². The molecule has 0 aliphatic rings. The highest BCUT2D eigenvalue weighted by atomic mass is 14.1. The van der Waals surface area contributed by atoms with Crippen LogP contribution >= 0.6 is 0 Å². The van der Waals surface area contributed by atoms with E-state index in [-0.39, 0.29) is 0 Å². The third-order valence-corrected chi connectivity index (χ3v) is 3.69. The fourth-order valence-corrected chi connectivity index (χ4v) is 2.18. The van der Waals surface area contributed by atoms with Gasteiger partial charge in [0.2, 0.25) is 0 Å². The van der Waals surface area contributed by atoms with E-state index in [0.717, 1.165) is 18.3 Å². The zero-order chi connectivity index (χ0) is 12.2. The fraction of sp³-hybridized carbons (Fsp3) is 0.938. The van der Waals surface area contributed by atoms with Crippen molar-refractivity contribution in [2.75, 3.05) is 0 Å². The van der Waals surface area contributed by atoms with E-state index >= 15 is 0 Å². The van der Waals surface area contributed by atoms with Crippen molar-refractivity contribution in [2.45, 2.75) is 85.0 Å². The first-order valence-corrected chi connectivity index (χ1v) is 7.49. The van der Waals surface area contributed by atoms with Crippen LogP contribution in [0.1, 0.15) is 85.0 Å². The molecule has 0 aromatic rings. The summed E-state index contributed by atoms with van der Waals surface area (Å²) in [4.78, 5) is 0. The zero-order valence-corrected chi connectivity index (χ0v) is 11.9. The first-order chi connectivity index (χ1) is 7.70. The van der Waals surface area contributed by atoms with Gasteiger partial charge in [-0.3, -0.25) is 0 Å². The van der Waals surface area contributed by atoms with Gasteiger partial charge in [-0.05, 0) is 11.8 Å². The maximum atomic E-state index is 3.95. The largest absolute Gasteiger partial charge is 0.0654 e. The molecule has 0 N–H and O–H groups in total. The van der Waals surface area contributed by atoms with Crippen LogP contribution in [-0.4, -0.2) is 0 Å². The number of hydrogen-bond donors (Lipinski definition) is 0. The molecule has 0 fully saturated rings. The summed E-state index contributed by atoms with van der Waals surface area (Å²) in [7, 11) is 0. The highest BCUT2D eigenvalue weighted by Gasteiger charge is 2.02. The SMILES string of the molecule is [CH2]CC(C)CCCCCCC(C)CCCC. The lowest BCUT2D eigenvalue weighted by Gasteiger charge is -2.11. The molecule has 0 aliphatic carbocycles. The van der Waals surface area contributed by atoms with Crippen LogP contribution in [0.2, 0.25) is 0 Å². The molecular formula is C16H33. The average Bonchev–Trinajstić information content (AvgIpc) is 2.30. The van der Waals surface area contributed by atoms with Crippen molar-refractivity contribution in [1.82, 2.24) is 0 Å². The Labute approximate surface area is 104 Å². The number of unbranched alkanes of at least 4 members (excludes halogenated alkanes) is 4. The summed E-state index contributed by atoms with van der Waals surface area (Å²) in [6.45, 7) is 11.0. The second-order valence-electron chi connectivity index (χ2n) is 5.63. The van der Waals surface area contributed by atoms with Gasteiger partial charge < -0.3 is 0 Å². The molecule has 0 rings (SSSR count). The topological polar surface area (TPSA) is 0 Å². The molecule has 0 spiro atoms. The van der Waals surface area contributed by atoms with Crippen LogP contribution in [0.4, 0.5) is 0 Å². The molecule has 0 saturated heterocycles. The molecule has 0 heterocycles. The molecular weight excluding hydrogens is 192 g/mol. The van der Waals surface area contributed by atoms with Gasteiger partial charge >= 0.3 is 0 Å². The van der Waals surface area contributed by atoms with Crippen molar-refractivity contribution >= 4 is 0 Å². The highest BCUT2D eigenvalue weighted by Crippen LogP contribution is 2.18. The minimum absolute atomic E-state index is 0.837. The standard InChI is InChI=1S/C16H33/c1-5-7-12-16(4)14-11-9-8-10-13-15(3)6-2/h15-16H,2,5-14H2,1,3-4H3. The monoisotopic (exact) mass is 225 g/mol. The summed E-state index contributed by atoms with van der Waals surface area (Å²) >= 11 is 0. The van der Waals surface area contributed by atoms with Gasteiger partial charge in [0.15, 0.2) is 0 Å². The Bertz CT molecular complexity index is 128. The van der Waals surface area contributed by atoms with Crippen molar-refractivity contribution in [1.29, 1.82) is 0 Å². The molecule has 0 bridgehead atoms. The fourth-order valence-electron chi connectivity index (χ4n) is 2.18. The smallest absolute Gasteiger partial charge is 0.0443 e. The van der Waals surface area contributed by atoms with Gasteiger partial charge in [-0.1, -0.05) is 91.9 Å². The van der Waals surface area contributed by atoms with Crippen molar-refractivity contribution in [3.8, 4) is 0 Å². The van der Waals surface area contributed by atoms with Gasteiger partial charge in [-0.2, -0.15) is 0 Å². The Balaban J connectivity index is 3.14. The van der Waals surface area contributed by atoms with Crippen molar-refractivity contribution in [3.63, 3.8) is 0 Å². The second kappa shape index (κ2) is 11.5. The van der Waals surface area contributed by atoms with E-state index in [0.29, 0.717) is 0 Å². The van der Waals surface area contributed by atoms with Crippen molar-refractivity contribution in [2.24, 2.45) is 11.8 Å². The zero-order valence-electron chi connectivity index (χ0n) is 11.9. The van der Waals surface area contributed by atoms with Crippen LogP contribution in [-0.2, 0) is 0 Å². The van der Waals surface area contributed by atoms with E-state index in [1.165, 1.54) is 57.8 Å².